The van der Waals surface area contributed by atoms with Crippen molar-refractivity contribution in [2.45, 2.75) is 51.4 Å². The molecule has 4 nitrogen and oxygen atoms in total. The maximum absolute atomic E-state index is 11.8. The Kier molecular flexibility index (Phi) is 6.33. The summed E-state index contributed by atoms with van der Waals surface area (Å²) in [6.45, 7) is 1.12. The molecule has 1 aliphatic heterocycles. The van der Waals surface area contributed by atoms with Crippen LogP contribution in [-0.2, 0) is 9.59 Å². The monoisotopic (exact) mass is 254 g/mol. The predicted molar refractivity (Wildman–Crippen MR) is 72.1 cm³/mol. The molecule has 4 heteroatoms. The first-order valence-electron chi connectivity index (χ1n) is 7.05. The van der Waals surface area contributed by atoms with Gasteiger partial charge in [0.1, 0.15) is 6.29 Å². The van der Waals surface area contributed by atoms with E-state index in [1.807, 2.05) is 0 Å². The highest BCUT2D eigenvalue weighted by molar-refractivity contribution is 5.81. The number of aldehydes is 1. The van der Waals surface area contributed by atoms with Gasteiger partial charge in [-0.2, -0.15) is 0 Å². The molecule has 2 aliphatic rings. The van der Waals surface area contributed by atoms with Gasteiger partial charge in [0.2, 0.25) is 5.91 Å². The first kappa shape index (κ1) is 15.2. The first-order chi connectivity index (χ1) is 8.76. The van der Waals surface area contributed by atoms with Crippen LogP contribution in [0.3, 0.4) is 0 Å². The second-order valence-electron chi connectivity index (χ2n) is 5.39. The Balaban J connectivity index is 0.000000771. The van der Waals surface area contributed by atoms with Crippen LogP contribution in [0, 0.1) is 5.41 Å². The maximum atomic E-state index is 11.8. The standard InChI is InChI=1S/C13H21NO2.CH5N/c15-9-8-14-11-13(10-12(14)16)6-4-2-1-3-5-7-13;1-2/h9H,1-8,10-11H2;2H2,1H3. The number of nitrogens with zero attached hydrogens (tertiary/aromatic N) is 1. The minimum absolute atomic E-state index is 0.188. The molecule has 0 radical (unpaired) electrons. The molecule has 0 aromatic heterocycles. The van der Waals surface area contributed by atoms with Crippen LogP contribution in [0.1, 0.15) is 51.4 Å². The molecule has 1 saturated heterocycles. The predicted octanol–water partition coefficient (Wildman–Crippen LogP) is 1.72. The van der Waals surface area contributed by atoms with Crippen molar-refractivity contribution in [2.75, 3.05) is 20.1 Å². The molecule has 2 rings (SSSR count). The quantitative estimate of drug-likeness (QED) is 0.763. The van der Waals surface area contributed by atoms with Crippen molar-refractivity contribution in [3.05, 3.63) is 0 Å². The summed E-state index contributed by atoms with van der Waals surface area (Å²) in [5, 5.41) is 0. The molecule has 104 valence electrons. The average molecular weight is 254 g/mol. The fraction of sp³-hybridized carbons (Fsp3) is 0.857. The fourth-order valence-electron chi connectivity index (χ4n) is 3.23. The lowest BCUT2D eigenvalue weighted by atomic mass is 9.75. The Morgan fingerprint density at radius 2 is 1.72 bits per heavy atom. The first-order valence-corrected chi connectivity index (χ1v) is 7.05. The van der Waals surface area contributed by atoms with Crippen LogP contribution in [0.2, 0.25) is 0 Å². The van der Waals surface area contributed by atoms with Crippen LogP contribution < -0.4 is 5.73 Å². The molecule has 1 saturated carbocycles. The third-order valence-corrected chi connectivity index (χ3v) is 4.11. The van der Waals surface area contributed by atoms with Crippen molar-refractivity contribution in [1.82, 2.24) is 4.90 Å². The van der Waals surface area contributed by atoms with Crippen LogP contribution in [0.4, 0.5) is 0 Å². The van der Waals surface area contributed by atoms with Crippen LogP contribution in [0.15, 0.2) is 0 Å². The molecule has 1 heterocycles. The molecular weight excluding hydrogens is 228 g/mol. The van der Waals surface area contributed by atoms with Gasteiger partial charge in [-0.3, -0.25) is 4.79 Å². The molecule has 0 atom stereocenters. The van der Waals surface area contributed by atoms with Crippen LogP contribution in [-0.4, -0.2) is 37.2 Å². The summed E-state index contributed by atoms with van der Waals surface area (Å²) in [5.41, 5.74) is 4.71. The molecule has 1 spiro atoms. The van der Waals surface area contributed by atoms with Gasteiger partial charge in [-0.15, -0.1) is 0 Å². The second-order valence-corrected chi connectivity index (χ2v) is 5.39. The van der Waals surface area contributed by atoms with Crippen molar-refractivity contribution in [2.24, 2.45) is 11.1 Å². The summed E-state index contributed by atoms with van der Waals surface area (Å²) in [4.78, 5) is 24.1. The van der Waals surface area contributed by atoms with Crippen molar-refractivity contribution in [3.8, 4) is 0 Å². The lowest BCUT2D eigenvalue weighted by Crippen LogP contribution is -2.30. The normalized spacial score (nSPS) is 23.0. The fourth-order valence-corrected chi connectivity index (χ4v) is 3.23. The third-order valence-electron chi connectivity index (χ3n) is 4.11. The van der Waals surface area contributed by atoms with Crippen molar-refractivity contribution >= 4 is 12.2 Å². The Morgan fingerprint density at radius 1 is 1.17 bits per heavy atom. The van der Waals surface area contributed by atoms with Gasteiger partial charge in [-0.25, -0.2) is 0 Å². The van der Waals surface area contributed by atoms with Gasteiger partial charge < -0.3 is 15.4 Å². The van der Waals surface area contributed by atoms with E-state index < -0.39 is 0 Å². The lowest BCUT2D eigenvalue weighted by molar-refractivity contribution is -0.129. The van der Waals surface area contributed by atoms with Gasteiger partial charge in [0.25, 0.3) is 0 Å². The van der Waals surface area contributed by atoms with E-state index in [1.165, 1.54) is 52.0 Å². The average Bonchev–Trinajstić information content (AvgIpc) is 2.66. The minimum atomic E-state index is 0.188. The van der Waals surface area contributed by atoms with Crippen molar-refractivity contribution in [3.63, 3.8) is 0 Å². The molecule has 0 aromatic carbocycles. The van der Waals surface area contributed by atoms with E-state index in [9.17, 15) is 9.59 Å². The Bertz CT molecular complexity index is 271. The number of nitrogens with two attached hydrogens (primary N) is 1. The molecule has 1 aliphatic carbocycles. The van der Waals surface area contributed by atoms with Gasteiger partial charge in [0, 0.05) is 13.0 Å². The zero-order chi connectivity index (χ0) is 13.4. The number of rotatable bonds is 2. The van der Waals surface area contributed by atoms with E-state index in [1.54, 1.807) is 4.90 Å². The highest BCUT2D eigenvalue weighted by Gasteiger charge is 2.42. The molecule has 0 aromatic rings. The summed E-state index contributed by atoms with van der Waals surface area (Å²) in [6.07, 6.45) is 10.3. The van der Waals surface area contributed by atoms with E-state index in [0.29, 0.717) is 13.0 Å². The molecule has 2 N–H and O–H groups in total. The lowest BCUT2D eigenvalue weighted by Gasteiger charge is -2.30. The van der Waals surface area contributed by atoms with Crippen molar-refractivity contribution < 1.29 is 9.59 Å². The smallest absolute Gasteiger partial charge is 0.223 e. The third kappa shape index (κ3) is 3.80. The van der Waals surface area contributed by atoms with E-state index >= 15 is 0 Å². The molecular formula is C14H26N2O2. The minimum Gasteiger partial charge on any atom is -0.335 e. The Labute approximate surface area is 110 Å². The van der Waals surface area contributed by atoms with Crippen LogP contribution in [0.25, 0.3) is 0 Å². The molecule has 2 fully saturated rings. The molecule has 1 amide bonds. The summed E-state index contributed by atoms with van der Waals surface area (Å²) in [6, 6.07) is 0. The van der Waals surface area contributed by atoms with Crippen LogP contribution >= 0.6 is 0 Å². The van der Waals surface area contributed by atoms with Gasteiger partial charge >= 0.3 is 0 Å². The van der Waals surface area contributed by atoms with E-state index in [0.717, 1.165) is 12.8 Å². The molecule has 18 heavy (non-hydrogen) atoms. The van der Waals surface area contributed by atoms with Crippen molar-refractivity contribution in [1.29, 1.82) is 0 Å². The van der Waals surface area contributed by atoms with E-state index in [4.69, 9.17) is 0 Å². The Hall–Kier alpha value is -0.900. The summed E-state index contributed by atoms with van der Waals surface area (Å²) in [5.74, 6) is 0.188. The SMILES string of the molecule is CN.O=CCN1CC2(CCCCCCC2)CC1=O. The van der Waals surface area contributed by atoms with Gasteiger partial charge in [-0.1, -0.05) is 32.1 Å². The molecule has 0 unspecified atom stereocenters. The summed E-state index contributed by atoms with van der Waals surface area (Å²) < 4.78 is 0. The number of hydrogen-bond donors (Lipinski definition) is 1. The second kappa shape index (κ2) is 7.52. The van der Waals surface area contributed by atoms with E-state index in [-0.39, 0.29) is 11.3 Å². The number of likely N-dealkylation sites (tertiary alicyclic amines) is 1. The zero-order valence-electron chi connectivity index (χ0n) is 11.5. The number of hydrogen-bond acceptors (Lipinski definition) is 3. The summed E-state index contributed by atoms with van der Waals surface area (Å²) in [7, 11) is 1.50. The molecule has 0 bridgehead atoms. The zero-order valence-corrected chi connectivity index (χ0v) is 11.5. The number of carbonyl (C=O) groups is 2. The summed E-state index contributed by atoms with van der Waals surface area (Å²) >= 11 is 0. The topological polar surface area (TPSA) is 63.4 Å². The maximum Gasteiger partial charge on any atom is 0.223 e. The van der Waals surface area contributed by atoms with Gasteiger partial charge in [0.05, 0.1) is 6.54 Å². The Morgan fingerprint density at radius 3 is 2.28 bits per heavy atom. The number of amides is 1. The van der Waals surface area contributed by atoms with Gasteiger partial charge in [0.15, 0.2) is 0 Å². The number of carbonyl (C=O) groups excluding carboxylic acids is 2. The van der Waals surface area contributed by atoms with E-state index in [2.05, 4.69) is 5.73 Å². The highest BCUT2D eigenvalue weighted by Crippen LogP contribution is 2.42. The largest absolute Gasteiger partial charge is 0.335 e. The van der Waals surface area contributed by atoms with Gasteiger partial charge in [-0.05, 0) is 25.3 Å². The highest BCUT2D eigenvalue weighted by atomic mass is 16.2. The van der Waals surface area contributed by atoms with Crippen LogP contribution in [0.5, 0.6) is 0 Å².